The number of hydrogen-bond donors (Lipinski definition) is 1. The number of rotatable bonds is 2. The Hall–Kier alpha value is -2.04. The van der Waals surface area contributed by atoms with Crippen molar-refractivity contribution in [1.29, 1.82) is 0 Å². The van der Waals surface area contributed by atoms with Crippen LogP contribution in [0, 0.1) is 0 Å². The highest BCUT2D eigenvalue weighted by molar-refractivity contribution is 5.88. The first kappa shape index (κ1) is 13.9. The van der Waals surface area contributed by atoms with E-state index in [1.807, 2.05) is 18.0 Å². The Labute approximate surface area is 124 Å². The minimum Gasteiger partial charge on any atom is -0.478 e. The van der Waals surface area contributed by atoms with Gasteiger partial charge in [0.25, 0.3) is 0 Å². The number of carbonyl (C=O) groups is 2. The van der Waals surface area contributed by atoms with Gasteiger partial charge in [0.1, 0.15) is 0 Å². The monoisotopic (exact) mass is 288 g/mol. The van der Waals surface area contributed by atoms with Gasteiger partial charge in [0, 0.05) is 26.2 Å². The van der Waals surface area contributed by atoms with Crippen molar-refractivity contribution >= 4 is 12.0 Å². The van der Waals surface area contributed by atoms with E-state index < -0.39 is 5.97 Å². The average Bonchev–Trinajstić information content (AvgIpc) is 3.13. The molecule has 0 aromatic heterocycles. The molecule has 0 saturated heterocycles. The Morgan fingerprint density at radius 1 is 1.19 bits per heavy atom. The van der Waals surface area contributed by atoms with Crippen molar-refractivity contribution in [3.63, 3.8) is 0 Å². The summed E-state index contributed by atoms with van der Waals surface area (Å²) in [4.78, 5) is 27.2. The van der Waals surface area contributed by atoms with Gasteiger partial charge < -0.3 is 14.9 Å². The molecule has 1 saturated carbocycles. The van der Waals surface area contributed by atoms with Crippen molar-refractivity contribution in [2.45, 2.75) is 44.8 Å². The second kappa shape index (κ2) is 5.39. The molecule has 1 fully saturated rings. The highest BCUT2D eigenvalue weighted by Gasteiger charge is 2.30. The Balaban J connectivity index is 1.71. The third kappa shape index (κ3) is 2.60. The zero-order chi connectivity index (χ0) is 15.0. The number of carbonyl (C=O) groups excluding carboxylic acids is 1. The number of hydrogen-bond acceptors (Lipinski definition) is 2. The SMILES string of the molecule is CN(C(=O)N1Cc2ccc(C(=O)O)cc2C1)C1CCCC1. The van der Waals surface area contributed by atoms with Gasteiger partial charge in [-0.05, 0) is 36.1 Å². The van der Waals surface area contributed by atoms with Crippen LogP contribution in [0.15, 0.2) is 18.2 Å². The number of urea groups is 1. The standard InChI is InChI=1S/C16H20N2O3/c1-17(14-4-2-3-5-14)16(21)18-9-12-7-6-11(15(19)20)8-13(12)10-18/h6-8,14H,2-5,9-10H2,1H3,(H,19,20). The van der Waals surface area contributed by atoms with Gasteiger partial charge in [0.05, 0.1) is 5.56 Å². The average molecular weight is 288 g/mol. The fraction of sp³-hybridized carbons (Fsp3) is 0.500. The molecule has 0 spiro atoms. The van der Waals surface area contributed by atoms with E-state index >= 15 is 0 Å². The lowest BCUT2D eigenvalue weighted by atomic mass is 10.1. The lowest BCUT2D eigenvalue weighted by Crippen LogP contribution is -2.42. The summed E-state index contributed by atoms with van der Waals surface area (Å²) in [5.74, 6) is -0.925. The lowest BCUT2D eigenvalue weighted by molar-refractivity contribution is 0.0696. The molecule has 0 bridgehead atoms. The van der Waals surface area contributed by atoms with E-state index in [0.717, 1.165) is 24.0 Å². The summed E-state index contributed by atoms with van der Waals surface area (Å²) in [7, 11) is 1.88. The number of amides is 2. The van der Waals surface area contributed by atoms with Gasteiger partial charge in [-0.2, -0.15) is 0 Å². The van der Waals surface area contributed by atoms with Gasteiger partial charge in [0.15, 0.2) is 0 Å². The van der Waals surface area contributed by atoms with Crippen LogP contribution in [-0.4, -0.2) is 40.0 Å². The first-order chi connectivity index (χ1) is 10.1. The predicted octanol–water partition coefficient (Wildman–Crippen LogP) is 2.69. The number of aromatic carboxylic acids is 1. The van der Waals surface area contributed by atoms with Gasteiger partial charge >= 0.3 is 12.0 Å². The van der Waals surface area contributed by atoms with E-state index in [-0.39, 0.29) is 11.6 Å². The van der Waals surface area contributed by atoms with Crippen molar-refractivity contribution in [2.75, 3.05) is 7.05 Å². The molecule has 0 unspecified atom stereocenters. The van der Waals surface area contributed by atoms with E-state index in [9.17, 15) is 9.59 Å². The molecule has 1 aliphatic carbocycles. The van der Waals surface area contributed by atoms with E-state index in [4.69, 9.17) is 5.11 Å². The van der Waals surface area contributed by atoms with Crippen LogP contribution < -0.4 is 0 Å². The largest absolute Gasteiger partial charge is 0.478 e. The number of fused-ring (bicyclic) bond motifs is 1. The predicted molar refractivity (Wildman–Crippen MR) is 78.1 cm³/mol. The molecule has 1 aromatic rings. The number of benzene rings is 1. The molecule has 0 atom stereocenters. The summed E-state index contributed by atoms with van der Waals surface area (Å²) >= 11 is 0. The molecular formula is C16H20N2O3. The van der Waals surface area contributed by atoms with Crippen LogP contribution in [0.2, 0.25) is 0 Å². The van der Waals surface area contributed by atoms with Gasteiger partial charge in [-0.25, -0.2) is 9.59 Å². The van der Waals surface area contributed by atoms with Crippen molar-refractivity contribution in [3.8, 4) is 0 Å². The van der Waals surface area contributed by atoms with E-state index in [1.165, 1.54) is 12.8 Å². The summed E-state index contributed by atoms with van der Waals surface area (Å²) in [5.41, 5.74) is 2.28. The zero-order valence-corrected chi connectivity index (χ0v) is 12.2. The van der Waals surface area contributed by atoms with Crippen molar-refractivity contribution < 1.29 is 14.7 Å². The van der Waals surface area contributed by atoms with Crippen LogP contribution in [0.4, 0.5) is 4.79 Å². The molecule has 1 aliphatic heterocycles. The van der Waals surface area contributed by atoms with Gasteiger partial charge in [-0.1, -0.05) is 18.9 Å². The maximum atomic E-state index is 12.6. The topological polar surface area (TPSA) is 60.9 Å². The summed E-state index contributed by atoms with van der Waals surface area (Å²) in [6, 6.07) is 5.52. The van der Waals surface area contributed by atoms with Crippen LogP contribution in [0.25, 0.3) is 0 Å². The smallest absolute Gasteiger partial charge is 0.335 e. The van der Waals surface area contributed by atoms with Crippen molar-refractivity contribution in [1.82, 2.24) is 9.80 Å². The second-order valence-corrected chi connectivity index (χ2v) is 5.98. The molecule has 3 rings (SSSR count). The van der Waals surface area contributed by atoms with Crippen LogP contribution in [-0.2, 0) is 13.1 Å². The lowest BCUT2D eigenvalue weighted by Gasteiger charge is -2.29. The third-order valence-electron chi connectivity index (χ3n) is 4.62. The summed E-state index contributed by atoms with van der Waals surface area (Å²) in [6.07, 6.45) is 4.58. The molecule has 1 aromatic carbocycles. The molecule has 1 N–H and O–H groups in total. The molecule has 2 amide bonds. The summed E-state index contributed by atoms with van der Waals surface area (Å²) in [5, 5.41) is 9.03. The maximum Gasteiger partial charge on any atom is 0.335 e. The molecule has 112 valence electrons. The number of carboxylic acids is 1. The Morgan fingerprint density at radius 3 is 2.52 bits per heavy atom. The van der Waals surface area contributed by atoms with E-state index in [0.29, 0.717) is 19.1 Å². The highest BCUT2D eigenvalue weighted by atomic mass is 16.4. The Morgan fingerprint density at radius 2 is 1.86 bits per heavy atom. The van der Waals surface area contributed by atoms with Gasteiger partial charge in [-0.15, -0.1) is 0 Å². The highest BCUT2D eigenvalue weighted by Crippen LogP contribution is 2.28. The minimum absolute atomic E-state index is 0.0509. The fourth-order valence-electron chi connectivity index (χ4n) is 3.33. The van der Waals surface area contributed by atoms with Crippen LogP contribution in [0.5, 0.6) is 0 Å². The first-order valence-electron chi connectivity index (χ1n) is 7.43. The molecule has 1 heterocycles. The quantitative estimate of drug-likeness (QED) is 0.910. The van der Waals surface area contributed by atoms with E-state index in [2.05, 4.69) is 0 Å². The van der Waals surface area contributed by atoms with Crippen LogP contribution >= 0.6 is 0 Å². The maximum absolute atomic E-state index is 12.6. The molecule has 21 heavy (non-hydrogen) atoms. The summed E-state index contributed by atoms with van der Waals surface area (Å²) < 4.78 is 0. The molecule has 0 radical (unpaired) electrons. The van der Waals surface area contributed by atoms with Crippen LogP contribution in [0.1, 0.15) is 47.2 Å². The Kier molecular flexibility index (Phi) is 3.57. The molecule has 5 nitrogen and oxygen atoms in total. The molecule has 2 aliphatic rings. The zero-order valence-electron chi connectivity index (χ0n) is 12.2. The first-order valence-corrected chi connectivity index (χ1v) is 7.43. The number of carboxylic acid groups (broad SMARTS) is 1. The second-order valence-electron chi connectivity index (χ2n) is 5.98. The normalized spacial score (nSPS) is 17.9. The molecule has 5 heteroatoms. The Bertz CT molecular complexity index is 579. The fourth-order valence-corrected chi connectivity index (χ4v) is 3.33. The third-order valence-corrected chi connectivity index (χ3v) is 4.62. The van der Waals surface area contributed by atoms with Gasteiger partial charge in [-0.3, -0.25) is 0 Å². The summed E-state index contributed by atoms with van der Waals surface area (Å²) in [6.45, 7) is 1.08. The van der Waals surface area contributed by atoms with Gasteiger partial charge in [0.2, 0.25) is 0 Å². The molecular weight excluding hydrogens is 268 g/mol. The van der Waals surface area contributed by atoms with Crippen LogP contribution in [0.3, 0.4) is 0 Å². The van der Waals surface area contributed by atoms with Crippen molar-refractivity contribution in [2.24, 2.45) is 0 Å². The van der Waals surface area contributed by atoms with E-state index in [1.54, 1.807) is 17.0 Å². The number of nitrogens with zero attached hydrogens (tertiary/aromatic N) is 2. The minimum atomic E-state index is -0.925. The van der Waals surface area contributed by atoms with Crippen molar-refractivity contribution in [3.05, 3.63) is 34.9 Å².